The Morgan fingerprint density at radius 3 is 2.79 bits per heavy atom. The van der Waals surface area contributed by atoms with Crippen LogP contribution in [0, 0.1) is 5.92 Å². The number of aromatic nitrogens is 3. The van der Waals surface area contributed by atoms with Crippen LogP contribution in [0.5, 0.6) is 5.75 Å². The molecule has 5 rings (SSSR count). The number of nitrogens with two attached hydrogens (primary N) is 1. The summed E-state index contributed by atoms with van der Waals surface area (Å²) in [4.78, 5) is 11.4. The molecule has 1 saturated carbocycles. The minimum Gasteiger partial charge on any atom is -0.484 e. The molecule has 1 aromatic carbocycles. The Kier molecular flexibility index (Phi) is 6.16. The average Bonchev–Trinajstić information content (AvgIpc) is 3.11. The lowest BCUT2D eigenvalue weighted by Crippen LogP contribution is -2.43. The van der Waals surface area contributed by atoms with Crippen LogP contribution < -0.4 is 10.5 Å². The van der Waals surface area contributed by atoms with Crippen LogP contribution in [-0.4, -0.2) is 58.7 Å². The monoisotopic (exact) mass is 469 g/mol. The summed E-state index contributed by atoms with van der Waals surface area (Å²) in [6.07, 6.45) is 7.40. The molecular weight excluding hydrogens is 437 g/mol. The summed E-state index contributed by atoms with van der Waals surface area (Å²) in [5.74, 6) is 1.87. The van der Waals surface area contributed by atoms with E-state index in [0.717, 1.165) is 40.9 Å². The smallest absolute Gasteiger partial charge is 0.236 e. The van der Waals surface area contributed by atoms with Gasteiger partial charge in [0.05, 0.1) is 12.0 Å². The number of likely N-dealkylation sites (tertiary alicyclic amines) is 1. The summed E-state index contributed by atoms with van der Waals surface area (Å²) in [6.45, 7) is 7.53. The summed E-state index contributed by atoms with van der Waals surface area (Å²) in [5, 5.41) is 0.872. The minimum atomic E-state index is -2.78. The van der Waals surface area contributed by atoms with Crippen molar-refractivity contribution in [1.29, 1.82) is 0 Å². The van der Waals surface area contributed by atoms with Crippen molar-refractivity contribution >= 4 is 24.2 Å². The van der Waals surface area contributed by atoms with Crippen LogP contribution in [0.2, 0.25) is 0 Å². The summed E-state index contributed by atoms with van der Waals surface area (Å²) in [5.41, 5.74) is 9.16. The fourth-order valence-corrected chi connectivity index (χ4v) is 5.87. The molecule has 3 aromatic rings. The second-order valence-electron chi connectivity index (χ2n) is 9.29. The molecule has 2 N–H and O–H groups in total. The van der Waals surface area contributed by atoms with Gasteiger partial charge in [-0.3, -0.25) is 4.57 Å². The number of anilines is 1. The summed E-state index contributed by atoms with van der Waals surface area (Å²) in [6, 6.07) is 8.20. The van der Waals surface area contributed by atoms with E-state index in [1.165, 1.54) is 26.1 Å². The van der Waals surface area contributed by atoms with Crippen LogP contribution in [-0.2, 0) is 9.09 Å². The van der Waals surface area contributed by atoms with Crippen molar-refractivity contribution in [1.82, 2.24) is 19.4 Å². The number of benzene rings is 1. The molecule has 3 heterocycles. The largest absolute Gasteiger partial charge is 0.484 e. The van der Waals surface area contributed by atoms with E-state index in [2.05, 4.69) is 25.6 Å². The van der Waals surface area contributed by atoms with Crippen molar-refractivity contribution in [2.24, 2.45) is 5.92 Å². The standard InChI is InChI=1S/C24H32N5O3P/c1-3-32-33(2,30)16-31-20-7-4-6-18(12-20)21-14-29(24-22(21)23(25)26-15-27-24)19-10-17(11-19)13-28-8-5-9-28/h4,6-7,12,14-15,17,19H,3,5,8-11,13,16H2,1-2H3,(H2,25,26,27). The van der Waals surface area contributed by atoms with Crippen LogP contribution in [0.3, 0.4) is 0 Å². The third-order valence-electron chi connectivity index (χ3n) is 6.72. The SMILES string of the molecule is CCOP(C)(=O)COc1cccc(-c2cn(C3CC(CN4CCC4)C3)c3ncnc(N)c23)c1. The zero-order valence-electron chi connectivity index (χ0n) is 19.3. The Morgan fingerprint density at radius 2 is 2.06 bits per heavy atom. The molecule has 33 heavy (non-hydrogen) atoms. The van der Waals surface area contributed by atoms with Gasteiger partial charge in [-0.25, -0.2) is 9.97 Å². The van der Waals surface area contributed by atoms with Gasteiger partial charge in [0.25, 0.3) is 0 Å². The number of nitrogen functional groups attached to an aromatic ring is 1. The first kappa shape index (κ1) is 22.4. The van der Waals surface area contributed by atoms with Gasteiger partial charge < -0.3 is 24.5 Å². The maximum atomic E-state index is 12.4. The average molecular weight is 470 g/mol. The molecule has 1 atom stereocenters. The highest BCUT2D eigenvalue weighted by atomic mass is 31.2. The van der Waals surface area contributed by atoms with E-state index in [9.17, 15) is 4.57 Å². The number of fused-ring (bicyclic) bond motifs is 1. The number of rotatable bonds is 9. The molecule has 9 heteroatoms. The maximum Gasteiger partial charge on any atom is 0.236 e. The Hall–Kier alpha value is -2.41. The zero-order chi connectivity index (χ0) is 23.0. The first-order valence-corrected chi connectivity index (χ1v) is 14.0. The van der Waals surface area contributed by atoms with Gasteiger partial charge in [0, 0.05) is 31.0 Å². The van der Waals surface area contributed by atoms with Crippen LogP contribution in [0.1, 0.15) is 32.2 Å². The lowest BCUT2D eigenvalue weighted by atomic mass is 9.79. The highest BCUT2D eigenvalue weighted by Gasteiger charge is 2.34. The predicted octanol–water partition coefficient (Wildman–Crippen LogP) is 4.62. The predicted molar refractivity (Wildman–Crippen MR) is 131 cm³/mol. The van der Waals surface area contributed by atoms with Crippen LogP contribution in [0.4, 0.5) is 5.82 Å². The van der Waals surface area contributed by atoms with Crippen molar-refractivity contribution in [3.8, 4) is 16.9 Å². The van der Waals surface area contributed by atoms with Crippen LogP contribution >= 0.6 is 7.37 Å². The van der Waals surface area contributed by atoms with Gasteiger partial charge >= 0.3 is 0 Å². The van der Waals surface area contributed by atoms with Crippen molar-refractivity contribution in [3.63, 3.8) is 0 Å². The Bertz CT molecular complexity index is 1190. The molecule has 1 unspecified atom stereocenters. The normalized spacial score (nSPS) is 22.5. The van der Waals surface area contributed by atoms with Gasteiger partial charge in [0.2, 0.25) is 7.37 Å². The third kappa shape index (κ3) is 4.65. The van der Waals surface area contributed by atoms with Crippen molar-refractivity contribution in [2.45, 2.75) is 32.2 Å². The van der Waals surface area contributed by atoms with Gasteiger partial charge in [-0.2, -0.15) is 0 Å². The molecule has 1 aliphatic carbocycles. The number of hydrogen-bond donors (Lipinski definition) is 1. The first-order valence-electron chi connectivity index (χ1n) is 11.7. The molecule has 1 saturated heterocycles. The highest BCUT2D eigenvalue weighted by Crippen LogP contribution is 2.45. The molecule has 8 nitrogen and oxygen atoms in total. The molecule has 176 valence electrons. The van der Waals surface area contributed by atoms with E-state index in [0.29, 0.717) is 24.2 Å². The highest BCUT2D eigenvalue weighted by molar-refractivity contribution is 7.57. The lowest BCUT2D eigenvalue weighted by molar-refractivity contribution is 0.0921. The van der Waals surface area contributed by atoms with Crippen LogP contribution in [0.15, 0.2) is 36.8 Å². The van der Waals surface area contributed by atoms with Gasteiger partial charge in [0.15, 0.2) is 6.35 Å². The Balaban J connectivity index is 1.40. The molecule has 2 fully saturated rings. The van der Waals surface area contributed by atoms with Gasteiger partial charge in [0.1, 0.15) is 23.5 Å². The van der Waals surface area contributed by atoms with E-state index in [-0.39, 0.29) is 6.35 Å². The molecule has 0 amide bonds. The fraction of sp³-hybridized carbons (Fsp3) is 0.500. The molecule has 2 aliphatic rings. The molecule has 1 aliphatic heterocycles. The third-order valence-corrected chi connectivity index (χ3v) is 8.12. The molecule has 0 bridgehead atoms. The number of hydrogen-bond acceptors (Lipinski definition) is 7. The Morgan fingerprint density at radius 1 is 1.24 bits per heavy atom. The summed E-state index contributed by atoms with van der Waals surface area (Å²) < 4.78 is 25.8. The fourth-order valence-electron chi connectivity index (χ4n) is 4.87. The van der Waals surface area contributed by atoms with E-state index >= 15 is 0 Å². The molecular formula is C24H32N5O3P. The number of nitrogens with zero attached hydrogens (tertiary/aromatic N) is 4. The lowest BCUT2D eigenvalue weighted by Gasteiger charge is -2.42. The van der Waals surface area contributed by atoms with Crippen molar-refractivity contribution in [3.05, 3.63) is 36.8 Å². The van der Waals surface area contributed by atoms with Gasteiger partial charge in [-0.1, -0.05) is 12.1 Å². The second kappa shape index (κ2) is 9.09. The van der Waals surface area contributed by atoms with Gasteiger partial charge in [-0.05, 0) is 62.9 Å². The minimum absolute atomic E-state index is 0.0395. The number of ether oxygens (including phenoxy) is 1. The molecule has 0 radical (unpaired) electrons. The summed E-state index contributed by atoms with van der Waals surface area (Å²) in [7, 11) is -2.78. The van der Waals surface area contributed by atoms with E-state index in [4.69, 9.17) is 15.0 Å². The molecule has 0 spiro atoms. The second-order valence-corrected chi connectivity index (χ2v) is 11.8. The topological polar surface area (TPSA) is 95.5 Å². The quantitative estimate of drug-likeness (QED) is 0.457. The maximum absolute atomic E-state index is 12.4. The first-order chi connectivity index (χ1) is 15.9. The zero-order valence-corrected chi connectivity index (χ0v) is 20.2. The van der Waals surface area contributed by atoms with E-state index < -0.39 is 7.37 Å². The Labute approximate surface area is 194 Å². The van der Waals surface area contributed by atoms with Crippen molar-refractivity contribution in [2.75, 3.05) is 45.0 Å². The van der Waals surface area contributed by atoms with Gasteiger partial charge in [-0.15, -0.1) is 0 Å². The van der Waals surface area contributed by atoms with Crippen molar-refractivity contribution < 1.29 is 13.8 Å². The van der Waals surface area contributed by atoms with Crippen LogP contribution in [0.25, 0.3) is 22.2 Å². The molecule has 2 aromatic heterocycles. The van der Waals surface area contributed by atoms with E-state index in [1.807, 2.05) is 31.2 Å². The summed E-state index contributed by atoms with van der Waals surface area (Å²) >= 11 is 0. The van der Waals surface area contributed by atoms with E-state index in [1.54, 1.807) is 13.0 Å².